The summed E-state index contributed by atoms with van der Waals surface area (Å²) in [6.45, 7) is 0. The maximum atomic E-state index is 12.3. The van der Waals surface area contributed by atoms with Crippen LogP contribution in [0.1, 0.15) is 19.3 Å². The molecule has 2 bridgehead atoms. The molecule has 6 heteroatoms. The summed E-state index contributed by atoms with van der Waals surface area (Å²) in [5.41, 5.74) is 1.44. The Kier molecular flexibility index (Phi) is 3.79. The Bertz CT molecular complexity index is 543. The third kappa shape index (κ3) is 3.00. The number of nitrogens with one attached hydrogen (secondary N) is 4. The molecule has 3 rings (SSSR count). The first-order valence-electron chi connectivity index (χ1n) is 7.31. The largest absolute Gasteiger partial charge is 0.341 e. The number of hydrogen-bond donors (Lipinski definition) is 4. The maximum absolute atomic E-state index is 12.3. The van der Waals surface area contributed by atoms with E-state index in [9.17, 15) is 9.59 Å². The number of rotatable bonds is 3. The van der Waals surface area contributed by atoms with Crippen molar-refractivity contribution in [2.24, 2.45) is 5.92 Å². The molecule has 2 aliphatic rings. The van der Waals surface area contributed by atoms with E-state index in [0.717, 1.165) is 18.5 Å². The summed E-state index contributed by atoms with van der Waals surface area (Å²) < 4.78 is 0. The molecule has 3 atom stereocenters. The molecule has 0 radical (unpaired) electrons. The van der Waals surface area contributed by atoms with Crippen molar-refractivity contribution in [3.8, 4) is 0 Å². The Morgan fingerprint density at radius 3 is 2.29 bits per heavy atom. The fourth-order valence-electron chi connectivity index (χ4n) is 3.18. The van der Waals surface area contributed by atoms with E-state index in [1.54, 1.807) is 31.3 Å². The van der Waals surface area contributed by atoms with Crippen molar-refractivity contribution in [1.82, 2.24) is 10.6 Å². The van der Waals surface area contributed by atoms with E-state index in [-0.39, 0.29) is 17.9 Å². The molecule has 4 N–H and O–H groups in total. The lowest BCUT2D eigenvalue weighted by molar-refractivity contribution is -0.120. The van der Waals surface area contributed by atoms with Crippen LogP contribution in [0.4, 0.5) is 16.2 Å². The first kappa shape index (κ1) is 13.9. The monoisotopic (exact) mass is 288 g/mol. The Labute approximate surface area is 123 Å². The van der Waals surface area contributed by atoms with E-state index in [0.29, 0.717) is 17.8 Å². The van der Waals surface area contributed by atoms with Crippen LogP contribution < -0.4 is 21.3 Å². The van der Waals surface area contributed by atoms with Gasteiger partial charge in [-0.05, 0) is 43.5 Å². The highest BCUT2D eigenvalue weighted by Gasteiger charge is 2.42. The van der Waals surface area contributed by atoms with Gasteiger partial charge in [-0.15, -0.1) is 0 Å². The Morgan fingerprint density at radius 2 is 1.76 bits per heavy atom. The smallest absolute Gasteiger partial charge is 0.318 e. The average Bonchev–Trinajstić information content (AvgIpc) is 3.12. The highest BCUT2D eigenvalue weighted by Crippen LogP contribution is 2.33. The first-order valence-corrected chi connectivity index (χ1v) is 7.31. The number of urea groups is 1. The Morgan fingerprint density at radius 1 is 1.10 bits per heavy atom. The fourth-order valence-corrected chi connectivity index (χ4v) is 3.18. The summed E-state index contributed by atoms with van der Waals surface area (Å²) in [7, 11) is 1.56. The van der Waals surface area contributed by atoms with Crippen LogP contribution in [-0.2, 0) is 4.79 Å². The molecule has 1 aromatic carbocycles. The number of amides is 3. The van der Waals surface area contributed by atoms with E-state index >= 15 is 0 Å². The van der Waals surface area contributed by atoms with E-state index in [1.807, 2.05) is 0 Å². The quantitative estimate of drug-likeness (QED) is 0.680. The summed E-state index contributed by atoms with van der Waals surface area (Å²) in [5, 5.41) is 11.6. The van der Waals surface area contributed by atoms with Crippen LogP contribution in [0.25, 0.3) is 0 Å². The van der Waals surface area contributed by atoms with Gasteiger partial charge in [0, 0.05) is 30.5 Å². The fraction of sp³-hybridized carbons (Fsp3) is 0.467. The predicted octanol–water partition coefficient (Wildman–Crippen LogP) is 1.52. The summed E-state index contributed by atoms with van der Waals surface area (Å²) >= 11 is 0. The number of carbonyl (C=O) groups excluding carboxylic acids is 2. The molecule has 21 heavy (non-hydrogen) atoms. The van der Waals surface area contributed by atoms with Gasteiger partial charge >= 0.3 is 6.03 Å². The molecular formula is C15H20N4O2. The standard InChI is InChI=1S/C15H20N4O2/c1-16-15(21)19-10-4-2-9(3-5-10)18-14(20)12-8-11-6-7-13(12)17-11/h2-5,11-13,17H,6-8H2,1H3,(H,18,20)(H2,16,19,21). The highest BCUT2D eigenvalue weighted by molar-refractivity contribution is 5.94. The van der Waals surface area contributed by atoms with E-state index in [4.69, 9.17) is 0 Å². The third-order valence-electron chi connectivity index (χ3n) is 4.27. The molecule has 2 aliphatic heterocycles. The predicted molar refractivity (Wildman–Crippen MR) is 81.2 cm³/mol. The van der Waals surface area contributed by atoms with Crippen molar-refractivity contribution < 1.29 is 9.59 Å². The molecule has 6 nitrogen and oxygen atoms in total. The molecule has 3 amide bonds. The minimum Gasteiger partial charge on any atom is -0.341 e. The molecular weight excluding hydrogens is 268 g/mol. The molecule has 0 aromatic heterocycles. The van der Waals surface area contributed by atoms with Gasteiger partial charge in [-0.1, -0.05) is 0 Å². The van der Waals surface area contributed by atoms with Crippen LogP contribution in [0.3, 0.4) is 0 Å². The number of fused-ring (bicyclic) bond motifs is 2. The van der Waals surface area contributed by atoms with Gasteiger partial charge in [-0.2, -0.15) is 0 Å². The lowest BCUT2D eigenvalue weighted by Gasteiger charge is -2.19. The van der Waals surface area contributed by atoms with E-state index in [2.05, 4.69) is 21.3 Å². The van der Waals surface area contributed by atoms with Crippen molar-refractivity contribution in [1.29, 1.82) is 0 Å². The number of benzene rings is 1. The number of anilines is 2. The van der Waals surface area contributed by atoms with E-state index in [1.165, 1.54) is 6.42 Å². The Hall–Kier alpha value is -2.08. The van der Waals surface area contributed by atoms with Crippen molar-refractivity contribution in [3.63, 3.8) is 0 Å². The molecule has 0 saturated carbocycles. The number of hydrogen-bond acceptors (Lipinski definition) is 3. The molecule has 112 valence electrons. The second kappa shape index (κ2) is 5.73. The van der Waals surface area contributed by atoms with Gasteiger partial charge in [0.2, 0.25) is 5.91 Å². The Balaban J connectivity index is 1.57. The van der Waals surface area contributed by atoms with Crippen LogP contribution in [0.2, 0.25) is 0 Å². The third-order valence-corrected chi connectivity index (χ3v) is 4.27. The van der Waals surface area contributed by atoms with Gasteiger partial charge in [0.15, 0.2) is 0 Å². The van der Waals surface area contributed by atoms with Crippen LogP contribution >= 0.6 is 0 Å². The summed E-state index contributed by atoms with van der Waals surface area (Å²) in [4.78, 5) is 23.5. The summed E-state index contributed by atoms with van der Waals surface area (Å²) in [6, 6.07) is 7.72. The minimum atomic E-state index is -0.264. The number of carbonyl (C=O) groups is 2. The minimum absolute atomic E-state index is 0.0763. The molecule has 1 aromatic rings. The normalized spacial score (nSPS) is 26.4. The van der Waals surface area contributed by atoms with Crippen molar-refractivity contribution >= 4 is 23.3 Å². The SMILES string of the molecule is CNC(=O)Nc1ccc(NC(=O)C2CC3CCC2N3)cc1. The van der Waals surface area contributed by atoms with Gasteiger partial charge in [0.25, 0.3) is 0 Å². The maximum Gasteiger partial charge on any atom is 0.318 e. The highest BCUT2D eigenvalue weighted by atomic mass is 16.2. The zero-order valence-electron chi connectivity index (χ0n) is 12.0. The molecule has 0 aliphatic carbocycles. The van der Waals surface area contributed by atoms with Crippen LogP contribution in [-0.4, -0.2) is 31.1 Å². The second-order valence-corrected chi connectivity index (χ2v) is 5.66. The van der Waals surface area contributed by atoms with Gasteiger partial charge in [-0.3, -0.25) is 4.79 Å². The van der Waals surface area contributed by atoms with Gasteiger partial charge in [0.1, 0.15) is 0 Å². The van der Waals surface area contributed by atoms with Crippen molar-refractivity contribution in [3.05, 3.63) is 24.3 Å². The van der Waals surface area contributed by atoms with Crippen LogP contribution in [0.5, 0.6) is 0 Å². The molecule has 2 saturated heterocycles. The van der Waals surface area contributed by atoms with Crippen LogP contribution in [0, 0.1) is 5.92 Å². The zero-order chi connectivity index (χ0) is 14.8. The van der Waals surface area contributed by atoms with Gasteiger partial charge in [0.05, 0.1) is 5.92 Å². The molecule has 2 heterocycles. The lowest BCUT2D eigenvalue weighted by Crippen LogP contribution is -2.32. The van der Waals surface area contributed by atoms with Gasteiger partial charge in [-0.25, -0.2) is 4.79 Å². The van der Waals surface area contributed by atoms with Crippen LogP contribution in [0.15, 0.2) is 24.3 Å². The molecule has 2 fully saturated rings. The van der Waals surface area contributed by atoms with Crippen molar-refractivity contribution in [2.45, 2.75) is 31.3 Å². The summed E-state index contributed by atoms with van der Waals surface area (Å²) in [5.74, 6) is 0.161. The molecule has 0 spiro atoms. The first-order chi connectivity index (χ1) is 10.2. The van der Waals surface area contributed by atoms with Crippen molar-refractivity contribution in [2.75, 3.05) is 17.7 Å². The van der Waals surface area contributed by atoms with Gasteiger partial charge < -0.3 is 21.3 Å². The zero-order valence-corrected chi connectivity index (χ0v) is 12.0. The van der Waals surface area contributed by atoms with E-state index < -0.39 is 0 Å². The molecule has 3 unspecified atom stereocenters. The summed E-state index contributed by atoms with van der Waals surface area (Å²) in [6.07, 6.45) is 3.22. The second-order valence-electron chi connectivity index (χ2n) is 5.66. The lowest BCUT2D eigenvalue weighted by atomic mass is 9.88. The average molecular weight is 288 g/mol. The topological polar surface area (TPSA) is 82.3 Å².